The van der Waals surface area contributed by atoms with Crippen molar-refractivity contribution in [3.05, 3.63) is 78.4 Å². The average Bonchev–Trinajstić information content (AvgIpc) is 2.60. The molecule has 0 atom stereocenters. The lowest BCUT2D eigenvalue weighted by molar-refractivity contribution is 0.0947. The topological polar surface area (TPSA) is 75.3 Å². The van der Waals surface area contributed by atoms with E-state index in [9.17, 15) is 13.2 Å². The molecule has 3 aromatic carbocycles. The summed E-state index contributed by atoms with van der Waals surface area (Å²) in [6.07, 6.45) is 0. The summed E-state index contributed by atoms with van der Waals surface area (Å²) in [5.74, 6) is -0.513. The number of hydrogen-bond acceptors (Lipinski definition) is 3. The van der Waals surface area contributed by atoms with E-state index in [1.54, 1.807) is 30.3 Å². The van der Waals surface area contributed by atoms with Gasteiger partial charge in [0.05, 0.1) is 4.90 Å². The van der Waals surface area contributed by atoms with Gasteiger partial charge in [0.15, 0.2) is 0 Å². The SMILES string of the molecule is O=C(NNS(=O)(=O)c1ccccc1)c1cccc2ccccc12. The van der Waals surface area contributed by atoms with E-state index in [1.165, 1.54) is 12.1 Å². The zero-order chi connectivity index (χ0) is 16.3. The van der Waals surface area contributed by atoms with Crippen molar-refractivity contribution in [2.24, 2.45) is 0 Å². The number of benzene rings is 3. The fourth-order valence-electron chi connectivity index (χ4n) is 2.26. The minimum Gasteiger partial charge on any atom is -0.273 e. The number of carbonyl (C=O) groups excluding carboxylic acids is 1. The Labute approximate surface area is 134 Å². The van der Waals surface area contributed by atoms with Crippen molar-refractivity contribution in [2.45, 2.75) is 4.90 Å². The fourth-order valence-corrected chi connectivity index (χ4v) is 3.12. The van der Waals surface area contributed by atoms with Crippen molar-refractivity contribution in [2.75, 3.05) is 0 Å². The van der Waals surface area contributed by atoms with Crippen molar-refractivity contribution >= 4 is 26.7 Å². The number of hydrogen-bond donors (Lipinski definition) is 2. The fraction of sp³-hybridized carbons (Fsp3) is 0. The third-order valence-electron chi connectivity index (χ3n) is 3.39. The van der Waals surface area contributed by atoms with E-state index in [4.69, 9.17) is 0 Å². The van der Waals surface area contributed by atoms with Crippen LogP contribution < -0.4 is 10.3 Å². The zero-order valence-electron chi connectivity index (χ0n) is 12.1. The van der Waals surface area contributed by atoms with Gasteiger partial charge in [-0.25, -0.2) is 8.42 Å². The number of sulfonamides is 1. The van der Waals surface area contributed by atoms with Crippen LogP contribution in [0.25, 0.3) is 10.8 Å². The molecule has 0 fully saturated rings. The van der Waals surface area contributed by atoms with E-state index in [0.29, 0.717) is 5.56 Å². The largest absolute Gasteiger partial charge is 0.273 e. The molecular weight excluding hydrogens is 312 g/mol. The molecule has 0 spiro atoms. The summed E-state index contributed by atoms with van der Waals surface area (Å²) in [6, 6.07) is 20.5. The van der Waals surface area contributed by atoms with Gasteiger partial charge in [-0.05, 0) is 29.0 Å². The highest BCUT2D eigenvalue weighted by molar-refractivity contribution is 7.89. The summed E-state index contributed by atoms with van der Waals surface area (Å²) in [7, 11) is -3.80. The van der Waals surface area contributed by atoms with Crippen LogP contribution in [0.4, 0.5) is 0 Å². The highest BCUT2D eigenvalue weighted by atomic mass is 32.2. The predicted molar refractivity (Wildman–Crippen MR) is 88.2 cm³/mol. The van der Waals surface area contributed by atoms with Crippen LogP contribution in [0.15, 0.2) is 77.7 Å². The molecule has 2 N–H and O–H groups in total. The maximum atomic E-state index is 12.3. The standard InChI is InChI=1S/C17H14N2O3S/c20-17(16-12-6-8-13-7-4-5-11-15(13)16)18-19-23(21,22)14-9-2-1-3-10-14/h1-12,19H,(H,18,20). The molecule has 0 aliphatic rings. The molecule has 3 aromatic rings. The summed E-state index contributed by atoms with van der Waals surface area (Å²) < 4.78 is 24.2. The molecule has 0 saturated carbocycles. The summed E-state index contributed by atoms with van der Waals surface area (Å²) in [5, 5.41) is 1.66. The van der Waals surface area contributed by atoms with Crippen LogP contribution in [0.5, 0.6) is 0 Å². The molecule has 5 nitrogen and oxygen atoms in total. The van der Waals surface area contributed by atoms with Gasteiger partial charge in [-0.1, -0.05) is 54.6 Å². The smallest absolute Gasteiger partial charge is 0.266 e. The molecule has 0 heterocycles. The first-order valence-electron chi connectivity index (χ1n) is 6.93. The molecule has 0 aliphatic carbocycles. The number of nitrogens with one attached hydrogen (secondary N) is 2. The van der Waals surface area contributed by atoms with Gasteiger partial charge in [0.25, 0.3) is 15.9 Å². The van der Waals surface area contributed by atoms with E-state index in [2.05, 4.69) is 10.3 Å². The number of fused-ring (bicyclic) bond motifs is 1. The average molecular weight is 326 g/mol. The second kappa shape index (κ2) is 6.20. The lowest BCUT2D eigenvalue weighted by Crippen LogP contribution is -2.41. The van der Waals surface area contributed by atoms with Gasteiger partial charge in [0, 0.05) is 5.56 Å². The van der Waals surface area contributed by atoms with Crippen molar-refractivity contribution in [3.8, 4) is 0 Å². The monoisotopic (exact) mass is 326 g/mol. The highest BCUT2D eigenvalue weighted by Crippen LogP contribution is 2.18. The maximum Gasteiger partial charge on any atom is 0.266 e. The molecule has 0 unspecified atom stereocenters. The van der Waals surface area contributed by atoms with Gasteiger partial charge >= 0.3 is 0 Å². The van der Waals surface area contributed by atoms with Crippen LogP contribution in [-0.2, 0) is 10.0 Å². The van der Waals surface area contributed by atoms with Crippen LogP contribution in [0.2, 0.25) is 0 Å². The minimum atomic E-state index is -3.80. The lowest BCUT2D eigenvalue weighted by atomic mass is 10.0. The summed E-state index contributed by atoms with van der Waals surface area (Å²) in [5.41, 5.74) is 2.65. The van der Waals surface area contributed by atoms with Crippen molar-refractivity contribution in [1.29, 1.82) is 0 Å². The van der Waals surface area contributed by atoms with Gasteiger partial charge in [-0.2, -0.15) is 0 Å². The Morgan fingerprint density at radius 2 is 1.43 bits per heavy atom. The zero-order valence-corrected chi connectivity index (χ0v) is 12.9. The number of rotatable bonds is 4. The van der Waals surface area contributed by atoms with Crippen LogP contribution in [0, 0.1) is 0 Å². The van der Waals surface area contributed by atoms with Crippen LogP contribution in [0.1, 0.15) is 10.4 Å². The molecule has 6 heteroatoms. The Hall–Kier alpha value is -2.70. The molecule has 3 rings (SSSR count). The summed E-state index contributed by atoms with van der Waals surface area (Å²) >= 11 is 0. The third kappa shape index (κ3) is 3.23. The first-order valence-corrected chi connectivity index (χ1v) is 8.41. The van der Waals surface area contributed by atoms with Crippen molar-refractivity contribution in [1.82, 2.24) is 10.3 Å². The Morgan fingerprint density at radius 1 is 0.783 bits per heavy atom. The second-order valence-electron chi connectivity index (χ2n) is 4.90. The molecule has 0 aromatic heterocycles. The minimum absolute atomic E-state index is 0.0817. The van der Waals surface area contributed by atoms with E-state index in [0.717, 1.165) is 10.8 Å². The maximum absolute atomic E-state index is 12.3. The molecular formula is C17H14N2O3S. The summed E-state index contributed by atoms with van der Waals surface area (Å²) in [4.78, 5) is 14.5. The van der Waals surface area contributed by atoms with E-state index in [-0.39, 0.29) is 4.90 Å². The number of carbonyl (C=O) groups is 1. The van der Waals surface area contributed by atoms with E-state index in [1.807, 2.05) is 30.3 Å². The quantitative estimate of drug-likeness (QED) is 0.723. The van der Waals surface area contributed by atoms with Crippen molar-refractivity contribution < 1.29 is 13.2 Å². The van der Waals surface area contributed by atoms with Gasteiger partial charge in [-0.15, -0.1) is 4.83 Å². The van der Waals surface area contributed by atoms with Crippen molar-refractivity contribution in [3.63, 3.8) is 0 Å². The summed E-state index contributed by atoms with van der Waals surface area (Å²) in [6.45, 7) is 0. The molecule has 1 amide bonds. The Morgan fingerprint density at radius 3 is 2.22 bits per heavy atom. The van der Waals surface area contributed by atoms with Gasteiger partial charge in [-0.3, -0.25) is 10.2 Å². The Balaban J connectivity index is 1.82. The molecule has 0 aliphatic heterocycles. The number of hydrazine groups is 1. The van der Waals surface area contributed by atoms with Gasteiger partial charge < -0.3 is 0 Å². The van der Waals surface area contributed by atoms with E-state index >= 15 is 0 Å². The first-order chi connectivity index (χ1) is 11.1. The lowest BCUT2D eigenvalue weighted by Gasteiger charge is -2.10. The van der Waals surface area contributed by atoms with Crippen LogP contribution in [-0.4, -0.2) is 14.3 Å². The predicted octanol–water partition coefficient (Wildman–Crippen LogP) is 2.46. The molecule has 0 radical (unpaired) electrons. The molecule has 0 bridgehead atoms. The third-order valence-corrected chi connectivity index (χ3v) is 4.65. The molecule has 0 saturated heterocycles. The molecule has 116 valence electrons. The van der Waals surface area contributed by atoms with Gasteiger partial charge in [0.2, 0.25) is 0 Å². The number of amides is 1. The van der Waals surface area contributed by atoms with Gasteiger partial charge in [0.1, 0.15) is 0 Å². The Bertz CT molecular complexity index is 948. The van der Waals surface area contributed by atoms with Crippen LogP contribution >= 0.6 is 0 Å². The normalized spacial score (nSPS) is 11.3. The Kier molecular flexibility index (Phi) is 4.10. The second-order valence-corrected chi connectivity index (χ2v) is 6.58. The molecule has 23 heavy (non-hydrogen) atoms. The first kappa shape index (κ1) is 15.2. The van der Waals surface area contributed by atoms with E-state index < -0.39 is 15.9 Å². The van der Waals surface area contributed by atoms with Crippen LogP contribution in [0.3, 0.4) is 0 Å². The highest BCUT2D eigenvalue weighted by Gasteiger charge is 2.16.